The number of aromatic nitrogens is 4. The zero-order chi connectivity index (χ0) is 45.7. The molecule has 12 aromatic rings. The molecule has 69 heavy (non-hydrogen) atoms. The molecule has 0 bridgehead atoms. The van der Waals surface area contributed by atoms with E-state index < -0.39 is 0 Å². The minimum Gasteiger partial charge on any atom is -0.456 e. The van der Waals surface area contributed by atoms with E-state index in [0.717, 1.165) is 78.3 Å². The van der Waals surface area contributed by atoms with Crippen LogP contribution < -0.4 is 10.6 Å². The lowest BCUT2D eigenvalue weighted by Crippen LogP contribution is -2.27. The second kappa shape index (κ2) is 16.9. The molecule has 0 spiro atoms. The first-order valence-electron chi connectivity index (χ1n) is 23.4. The first-order valence-corrected chi connectivity index (χ1v) is 23.4. The van der Waals surface area contributed by atoms with E-state index in [2.05, 4.69) is 187 Å². The summed E-state index contributed by atoms with van der Waals surface area (Å²) in [4.78, 5) is 15.3. The Hall–Kier alpha value is -9.19. The highest BCUT2D eigenvalue weighted by Gasteiger charge is 2.17. The maximum absolute atomic E-state index is 6.17. The van der Waals surface area contributed by atoms with Crippen LogP contribution in [0.1, 0.15) is 6.42 Å². The normalized spacial score (nSPS) is 12.2. The van der Waals surface area contributed by atoms with Crippen LogP contribution in [0.3, 0.4) is 0 Å². The lowest BCUT2D eigenvalue weighted by atomic mass is 9.93. The van der Waals surface area contributed by atoms with E-state index in [9.17, 15) is 0 Å². The highest BCUT2D eigenvalue weighted by molar-refractivity contribution is 6.06. The highest BCUT2D eigenvalue weighted by Crippen LogP contribution is 2.36. The molecular weight excluding hydrogens is 841 g/mol. The van der Waals surface area contributed by atoms with Gasteiger partial charge in [-0.15, -0.1) is 0 Å². The summed E-state index contributed by atoms with van der Waals surface area (Å²) in [5.74, 6) is 1.82. The summed E-state index contributed by atoms with van der Waals surface area (Å²) in [6.45, 7) is 0. The summed E-state index contributed by atoms with van der Waals surface area (Å²) in [6, 6.07) is 77.1. The highest BCUT2D eigenvalue weighted by atomic mass is 16.3. The van der Waals surface area contributed by atoms with Crippen LogP contribution in [-0.4, -0.2) is 19.5 Å². The lowest BCUT2D eigenvalue weighted by Gasteiger charge is -2.13. The summed E-state index contributed by atoms with van der Waals surface area (Å²) in [6.07, 6.45) is 9.89. The number of hydrogen-bond donors (Lipinski definition) is 0. The molecular formula is C64H42N4O. The van der Waals surface area contributed by atoms with E-state index in [4.69, 9.17) is 19.4 Å². The van der Waals surface area contributed by atoms with Crippen molar-refractivity contribution in [1.82, 2.24) is 19.5 Å². The Labute approximate surface area is 399 Å². The molecule has 1 aliphatic carbocycles. The summed E-state index contributed by atoms with van der Waals surface area (Å²) in [7, 11) is 0. The molecule has 0 unspecified atom stereocenters. The van der Waals surface area contributed by atoms with Gasteiger partial charge < -0.3 is 8.98 Å². The number of para-hydroxylation sites is 1. The maximum atomic E-state index is 6.17. The number of benzene rings is 9. The van der Waals surface area contributed by atoms with Gasteiger partial charge in [-0.05, 0) is 124 Å². The van der Waals surface area contributed by atoms with Gasteiger partial charge in [-0.2, -0.15) is 0 Å². The largest absolute Gasteiger partial charge is 0.456 e. The Balaban J connectivity index is 0.929. The van der Waals surface area contributed by atoms with Gasteiger partial charge in [0.25, 0.3) is 0 Å². The standard InChI is InChI=1S/C64H42N4O/c1-5-17-42(18-6-1)50-36-51(43-19-7-2-8-20-43)38-52(37-50)47-31-33-55-54-27-11-4-12-29-58(54)68(59(55)41-47)53-26-16-24-46(39-53)45-23-15-25-48(35-45)63-65-62(44-21-9-3-10-22-44)66-64(67-63)49-32-34-61-57(40-49)56-28-13-14-30-60(56)69-61/h1-10,12-41H,11H2. The molecule has 5 heteroatoms. The summed E-state index contributed by atoms with van der Waals surface area (Å²) >= 11 is 0. The predicted molar refractivity (Wildman–Crippen MR) is 284 cm³/mol. The van der Waals surface area contributed by atoms with Crippen molar-refractivity contribution in [2.75, 3.05) is 0 Å². The number of allylic oxidation sites excluding steroid dienone is 2. The summed E-state index contributed by atoms with van der Waals surface area (Å²) in [5, 5.41) is 5.72. The molecule has 0 saturated heterocycles. The van der Waals surface area contributed by atoms with E-state index in [1.165, 1.54) is 38.4 Å². The van der Waals surface area contributed by atoms with Crippen LogP contribution in [0.25, 0.3) is 129 Å². The first-order chi connectivity index (χ1) is 34.2. The molecule has 9 aromatic carbocycles. The van der Waals surface area contributed by atoms with Crippen molar-refractivity contribution >= 4 is 45.0 Å². The Morgan fingerprint density at radius 2 is 0.884 bits per heavy atom. The second-order valence-electron chi connectivity index (χ2n) is 17.5. The molecule has 5 nitrogen and oxygen atoms in total. The first kappa shape index (κ1) is 40.1. The molecule has 324 valence electrons. The predicted octanol–water partition coefficient (Wildman–Crippen LogP) is 14.9. The molecule has 0 atom stereocenters. The van der Waals surface area contributed by atoms with Crippen LogP contribution >= 0.6 is 0 Å². The minimum atomic E-state index is 0.600. The van der Waals surface area contributed by atoms with E-state index in [0.29, 0.717) is 17.5 Å². The van der Waals surface area contributed by atoms with Crippen molar-refractivity contribution in [3.63, 3.8) is 0 Å². The quantitative estimate of drug-likeness (QED) is 0.153. The molecule has 0 amide bonds. The number of furan rings is 1. The minimum absolute atomic E-state index is 0.600. The van der Waals surface area contributed by atoms with Gasteiger partial charge in [-0.25, -0.2) is 15.0 Å². The van der Waals surface area contributed by atoms with Gasteiger partial charge in [0.1, 0.15) is 11.2 Å². The van der Waals surface area contributed by atoms with Gasteiger partial charge in [0.2, 0.25) is 0 Å². The Morgan fingerprint density at radius 1 is 0.362 bits per heavy atom. The Morgan fingerprint density at radius 3 is 1.61 bits per heavy atom. The summed E-state index contributed by atoms with van der Waals surface area (Å²) < 4.78 is 8.60. The van der Waals surface area contributed by atoms with Crippen molar-refractivity contribution in [2.24, 2.45) is 0 Å². The monoisotopic (exact) mass is 882 g/mol. The van der Waals surface area contributed by atoms with Gasteiger partial charge in [0.05, 0.1) is 10.9 Å². The number of rotatable bonds is 8. The van der Waals surface area contributed by atoms with Crippen molar-refractivity contribution in [3.8, 4) is 84.4 Å². The average Bonchev–Trinajstić information content (AvgIpc) is 3.84. The average molecular weight is 883 g/mol. The van der Waals surface area contributed by atoms with Gasteiger partial charge in [0, 0.05) is 43.8 Å². The third-order valence-corrected chi connectivity index (χ3v) is 13.2. The van der Waals surface area contributed by atoms with Gasteiger partial charge >= 0.3 is 0 Å². The van der Waals surface area contributed by atoms with Gasteiger partial charge in [-0.1, -0.05) is 170 Å². The SMILES string of the molecule is C1=CCC=c2c(n(-c3cccc(-c4cccc(-c5nc(-c6ccccc6)nc(-c6ccc7oc8ccccc8c7c6)n5)c4)c3)c3cc(-c4cc(-c5ccccc5)cc(-c5ccccc5)c4)ccc23)=C1. The molecule has 0 saturated carbocycles. The van der Waals surface area contributed by atoms with Gasteiger partial charge in [0.15, 0.2) is 17.5 Å². The van der Waals surface area contributed by atoms with E-state index in [1.54, 1.807) is 0 Å². The Bertz CT molecular complexity index is 4040. The molecule has 3 heterocycles. The van der Waals surface area contributed by atoms with Crippen molar-refractivity contribution in [1.29, 1.82) is 0 Å². The number of nitrogens with zero attached hydrogens (tertiary/aromatic N) is 4. The summed E-state index contributed by atoms with van der Waals surface area (Å²) in [5.41, 5.74) is 15.9. The van der Waals surface area contributed by atoms with Crippen molar-refractivity contribution in [3.05, 3.63) is 241 Å². The third-order valence-electron chi connectivity index (χ3n) is 13.2. The fourth-order valence-corrected chi connectivity index (χ4v) is 9.86. The topological polar surface area (TPSA) is 56.7 Å². The molecule has 0 radical (unpaired) electrons. The molecule has 0 N–H and O–H groups in total. The van der Waals surface area contributed by atoms with Crippen LogP contribution in [0, 0.1) is 0 Å². The van der Waals surface area contributed by atoms with Crippen LogP contribution in [0.5, 0.6) is 0 Å². The molecule has 0 fully saturated rings. The van der Waals surface area contributed by atoms with Crippen LogP contribution in [0.4, 0.5) is 0 Å². The van der Waals surface area contributed by atoms with E-state index in [-0.39, 0.29) is 0 Å². The van der Waals surface area contributed by atoms with Gasteiger partial charge in [-0.3, -0.25) is 0 Å². The molecule has 0 aliphatic heterocycles. The zero-order valence-corrected chi connectivity index (χ0v) is 37.5. The smallest absolute Gasteiger partial charge is 0.164 e. The van der Waals surface area contributed by atoms with E-state index in [1.807, 2.05) is 60.7 Å². The molecule has 13 rings (SSSR count). The number of fused-ring (bicyclic) bond motifs is 6. The maximum Gasteiger partial charge on any atom is 0.164 e. The van der Waals surface area contributed by atoms with Crippen LogP contribution in [0.15, 0.2) is 235 Å². The zero-order valence-electron chi connectivity index (χ0n) is 37.5. The van der Waals surface area contributed by atoms with Crippen LogP contribution in [0.2, 0.25) is 0 Å². The molecule has 1 aliphatic rings. The Kier molecular flexibility index (Phi) is 9.83. The van der Waals surface area contributed by atoms with E-state index >= 15 is 0 Å². The fraction of sp³-hybridized carbons (Fsp3) is 0.0156. The van der Waals surface area contributed by atoms with Crippen LogP contribution in [-0.2, 0) is 0 Å². The number of hydrogen-bond acceptors (Lipinski definition) is 4. The molecule has 3 aromatic heterocycles. The fourth-order valence-electron chi connectivity index (χ4n) is 9.86. The van der Waals surface area contributed by atoms with Crippen molar-refractivity contribution in [2.45, 2.75) is 6.42 Å². The second-order valence-corrected chi connectivity index (χ2v) is 17.5. The lowest BCUT2D eigenvalue weighted by molar-refractivity contribution is 0.669. The third kappa shape index (κ3) is 7.43. The van der Waals surface area contributed by atoms with Crippen molar-refractivity contribution < 1.29 is 4.42 Å².